The average molecular weight is 1100 g/mol. The van der Waals surface area contributed by atoms with E-state index in [1.165, 1.54) is 59.4 Å². The number of aliphatic imine (C=N–C) groups is 1. The molecule has 0 bridgehead atoms. The van der Waals surface area contributed by atoms with Crippen LogP contribution in [0.1, 0.15) is 69.3 Å². The third kappa shape index (κ3) is 17.0. The highest BCUT2D eigenvalue weighted by Crippen LogP contribution is 2.32. The smallest absolute Gasteiger partial charge is 0.206 e. The fraction of sp³-hybridized carbons (Fsp3) is 0.340. The molecule has 3 heterocycles. The van der Waals surface area contributed by atoms with Crippen molar-refractivity contribution in [1.29, 1.82) is 10.5 Å². The Hall–Kier alpha value is -5.14. The molecule has 1 atom stereocenters. The second kappa shape index (κ2) is 28.6. The molecule has 0 radical (unpaired) electrons. The van der Waals surface area contributed by atoms with Crippen LogP contribution in [0.5, 0.6) is 0 Å². The van der Waals surface area contributed by atoms with E-state index in [1.807, 2.05) is 43.3 Å². The summed E-state index contributed by atoms with van der Waals surface area (Å²) < 4.78 is 0. The van der Waals surface area contributed by atoms with Gasteiger partial charge in [-0.05, 0) is 151 Å². The second-order valence-corrected chi connectivity index (χ2v) is 20.2. The number of rotatable bonds is 12. The SMILES string of the molecule is CCSC(N)=NC(=S)Nc1ccc(N2CCC(N(C)C)CC2)cc1.CN(C)C1CCN(c2ccc(Nc3nc(N)c(C(=O)c4ccc(Cl)c(C#N)c4)s3)cc2)CC1.N#Cc1cccc(C(=O)CBr)c1.P. The summed E-state index contributed by atoms with van der Waals surface area (Å²) in [5.41, 5.74) is 17.7. The van der Waals surface area contributed by atoms with Crippen LogP contribution >= 0.6 is 72.7 Å². The standard InChI is InChI=1S/C24H25ClN6OS.C17H27N5S2.C9H6BrNO.H3P/c1-30(2)18-9-11-31(12-10-18)19-6-4-17(5-7-19)28-24-29-23(27)22(33-24)21(32)15-3-8-20(25)16(13-15)14-26;1-4-24-16(18)20-17(23)19-13-5-7-15(8-6-13)22-11-9-14(10-12-22)21(2)3;10-5-9(12)8-3-1-2-7(4-8)6-11;/h3-8,13,18H,9-12,27H2,1-2H3,(H,28,29);5-8,14H,4,9-12H2,1-3H3,(H3,18,19,20,23);1-4H,5H2;1H3. The van der Waals surface area contributed by atoms with Gasteiger partial charge in [0.15, 0.2) is 21.2 Å². The van der Waals surface area contributed by atoms with Crippen LogP contribution in [0, 0.1) is 22.7 Å². The van der Waals surface area contributed by atoms with Crippen LogP contribution in [0.15, 0.2) is 96.0 Å². The monoisotopic (exact) mass is 1100 g/mol. The molecule has 14 nitrogen and oxygen atoms in total. The minimum Gasteiger partial charge on any atom is -0.382 e. The van der Waals surface area contributed by atoms with Crippen molar-refractivity contribution in [3.05, 3.63) is 123 Å². The Kier molecular flexibility index (Phi) is 23.5. The zero-order valence-corrected chi connectivity index (χ0v) is 46.3. The maximum atomic E-state index is 12.9. The summed E-state index contributed by atoms with van der Waals surface area (Å²) >= 11 is 16.9. The number of carbonyl (C=O) groups excluding carboxylic acids is 2. The largest absolute Gasteiger partial charge is 0.382 e. The molecular formula is C50H61BrClN12O2PS3. The summed E-state index contributed by atoms with van der Waals surface area (Å²) in [4.78, 5) is 42.3. The number of halogens is 2. The van der Waals surface area contributed by atoms with Gasteiger partial charge in [0.2, 0.25) is 5.78 Å². The van der Waals surface area contributed by atoms with Crippen molar-refractivity contribution in [2.45, 2.75) is 44.7 Å². The van der Waals surface area contributed by atoms with E-state index in [2.05, 4.69) is 109 Å². The molecule has 5 aromatic rings. The number of ketones is 2. The number of carbonyl (C=O) groups is 2. The van der Waals surface area contributed by atoms with Crippen LogP contribution in [0.2, 0.25) is 5.02 Å². The Morgan fingerprint density at radius 1 is 0.871 bits per heavy atom. The van der Waals surface area contributed by atoms with Gasteiger partial charge in [0.25, 0.3) is 0 Å². The van der Waals surface area contributed by atoms with Gasteiger partial charge in [-0.25, -0.2) is 4.98 Å². The van der Waals surface area contributed by atoms with Gasteiger partial charge in [0.05, 0.1) is 27.5 Å². The number of benzene rings is 4. The molecule has 1 unspecified atom stereocenters. The Labute approximate surface area is 442 Å². The molecule has 0 spiro atoms. The van der Waals surface area contributed by atoms with Crippen LogP contribution in [0.4, 0.5) is 33.7 Å². The lowest BCUT2D eigenvalue weighted by molar-refractivity contribution is 0.102. The Morgan fingerprint density at radius 2 is 1.43 bits per heavy atom. The molecule has 2 aliphatic heterocycles. The minimum atomic E-state index is -0.289. The number of anilines is 6. The molecule has 2 fully saturated rings. The third-order valence-corrected chi connectivity index (χ3v) is 14.2. The highest BCUT2D eigenvalue weighted by molar-refractivity contribution is 9.09. The summed E-state index contributed by atoms with van der Waals surface area (Å²) in [6.07, 6.45) is 4.73. The van der Waals surface area contributed by atoms with Crippen LogP contribution in [-0.4, -0.2) is 114 Å². The maximum absolute atomic E-state index is 12.9. The average Bonchev–Trinajstić information content (AvgIpc) is 3.73. The molecule has 7 rings (SSSR count). The Balaban J connectivity index is 0.000000252. The second-order valence-electron chi connectivity index (χ2n) is 16.5. The third-order valence-electron chi connectivity index (χ3n) is 11.5. The van der Waals surface area contributed by atoms with Gasteiger partial charge in [0, 0.05) is 72.1 Å². The van der Waals surface area contributed by atoms with Crippen LogP contribution in [-0.2, 0) is 0 Å². The predicted molar refractivity (Wildman–Crippen MR) is 306 cm³/mol. The molecule has 370 valence electrons. The lowest BCUT2D eigenvalue weighted by atomic mass is 10.0. The van der Waals surface area contributed by atoms with Crippen molar-refractivity contribution < 1.29 is 9.59 Å². The number of nitrogens with one attached hydrogen (secondary N) is 2. The molecule has 0 amide bonds. The minimum absolute atomic E-state index is 0. The highest BCUT2D eigenvalue weighted by atomic mass is 79.9. The summed E-state index contributed by atoms with van der Waals surface area (Å²) in [6.45, 7) is 6.32. The normalized spacial score (nSPS) is 14.0. The summed E-state index contributed by atoms with van der Waals surface area (Å²) in [7, 11) is 8.62. The van der Waals surface area contributed by atoms with Gasteiger partial charge in [-0.15, -0.1) is 0 Å². The molecule has 20 heteroatoms. The van der Waals surface area contributed by atoms with E-state index in [-0.39, 0.29) is 32.8 Å². The number of alkyl halides is 1. The van der Waals surface area contributed by atoms with E-state index >= 15 is 0 Å². The molecule has 6 N–H and O–H groups in total. The summed E-state index contributed by atoms with van der Waals surface area (Å²) in [5, 5.41) is 26.1. The quantitative estimate of drug-likeness (QED) is 0.0230. The van der Waals surface area contributed by atoms with Crippen LogP contribution in [0.3, 0.4) is 0 Å². The van der Waals surface area contributed by atoms with Crippen molar-refractivity contribution in [1.82, 2.24) is 14.8 Å². The number of piperidine rings is 2. The van der Waals surface area contributed by atoms with E-state index < -0.39 is 0 Å². The number of nitrogens with two attached hydrogens (primary N) is 2. The Morgan fingerprint density at radius 3 is 1.93 bits per heavy atom. The first-order valence-corrected chi connectivity index (χ1v) is 26.0. The first-order valence-electron chi connectivity index (χ1n) is 22.3. The Bertz CT molecular complexity index is 2640. The first kappa shape index (κ1) is 57.4. The molecule has 2 saturated heterocycles. The van der Waals surface area contributed by atoms with Crippen LogP contribution < -0.4 is 31.9 Å². The summed E-state index contributed by atoms with van der Waals surface area (Å²) in [6, 6.07) is 33.1. The zero-order valence-electron chi connectivity index (χ0n) is 40.1. The van der Waals surface area contributed by atoms with Gasteiger partial charge in [-0.3, -0.25) is 9.59 Å². The van der Waals surface area contributed by atoms with E-state index in [0.29, 0.717) is 59.4 Å². The number of hydrogen-bond donors (Lipinski definition) is 4. The predicted octanol–water partition coefficient (Wildman–Crippen LogP) is 9.93. The molecule has 1 aromatic heterocycles. The molecular weight excluding hydrogens is 1040 g/mol. The molecule has 2 aliphatic rings. The summed E-state index contributed by atoms with van der Waals surface area (Å²) in [5.74, 6) is 0.744. The van der Waals surface area contributed by atoms with E-state index in [4.69, 9.17) is 45.8 Å². The van der Waals surface area contributed by atoms with Crippen molar-refractivity contribution >= 4 is 128 Å². The van der Waals surface area contributed by atoms with E-state index in [1.54, 1.807) is 30.3 Å². The number of thiocarbonyl (C=S) groups is 1. The fourth-order valence-electron chi connectivity index (χ4n) is 7.62. The molecule has 4 aromatic carbocycles. The maximum Gasteiger partial charge on any atom is 0.206 e. The number of nitrogen functional groups attached to an aromatic ring is 1. The van der Waals surface area contributed by atoms with E-state index in [0.717, 1.165) is 56.1 Å². The number of thiazole rings is 1. The number of aromatic nitrogens is 1. The van der Waals surface area contributed by atoms with E-state index in [9.17, 15) is 9.59 Å². The lowest BCUT2D eigenvalue weighted by Crippen LogP contribution is -2.41. The van der Waals surface area contributed by atoms with Crippen molar-refractivity contribution in [2.24, 2.45) is 10.7 Å². The van der Waals surface area contributed by atoms with Gasteiger partial charge in [0.1, 0.15) is 16.8 Å². The molecule has 0 aliphatic carbocycles. The topological polar surface area (TPSA) is 196 Å². The molecule has 70 heavy (non-hydrogen) atoms. The van der Waals surface area contributed by atoms with Crippen molar-refractivity contribution in [2.75, 3.05) is 91.6 Å². The molecule has 0 saturated carbocycles. The number of hydrogen-bond acceptors (Lipinski definition) is 14. The van der Waals surface area contributed by atoms with Crippen molar-refractivity contribution in [3.8, 4) is 12.1 Å². The van der Waals surface area contributed by atoms with Gasteiger partial charge >= 0.3 is 0 Å². The van der Waals surface area contributed by atoms with Gasteiger partial charge in [-0.1, -0.05) is 69.7 Å². The number of thioether (sulfide) groups is 1. The van der Waals surface area contributed by atoms with Crippen LogP contribution in [0.25, 0.3) is 0 Å². The zero-order chi connectivity index (χ0) is 50.0. The number of nitrogens with zero attached hydrogens (tertiary/aromatic N) is 8. The van der Waals surface area contributed by atoms with Gasteiger partial charge in [-0.2, -0.15) is 25.4 Å². The first-order chi connectivity index (χ1) is 33.1. The highest BCUT2D eigenvalue weighted by Gasteiger charge is 2.23. The van der Waals surface area contributed by atoms with Crippen molar-refractivity contribution in [3.63, 3.8) is 0 Å². The van der Waals surface area contributed by atoms with Gasteiger partial charge < -0.3 is 41.7 Å². The number of Topliss-reactive ketones (excluding diaryl/α,β-unsaturated/α-hetero) is 1. The number of nitriles is 2. The lowest BCUT2D eigenvalue weighted by Gasteiger charge is -2.36. The fourth-order valence-corrected chi connectivity index (χ4v) is 9.69. The number of amidine groups is 1.